The molecule has 2 rings (SSSR count). The van der Waals surface area contributed by atoms with Crippen LogP contribution in [0.3, 0.4) is 0 Å². The van der Waals surface area contributed by atoms with Crippen molar-refractivity contribution < 1.29 is 9.90 Å². The molecule has 0 radical (unpaired) electrons. The summed E-state index contributed by atoms with van der Waals surface area (Å²) in [4.78, 5) is 14.9. The smallest absolute Gasteiger partial charge is 0.251 e. The van der Waals surface area contributed by atoms with Crippen molar-refractivity contribution in [2.75, 3.05) is 25.5 Å². The highest BCUT2D eigenvalue weighted by atomic mass is 32.1. The molecule has 0 unspecified atom stereocenters. The van der Waals surface area contributed by atoms with E-state index in [2.05, 4.69) is 5.32 Å². The number of nitrogens with zero attached hydrogens (tertiary/aromatic N) is 1. The Labute approximate surface area is 129 Å². The average Bonchev–Trinajstić information content (AvgIpc) is 3.01. The van der Waals surface area contributed by atoms with E-state index < -0.39 is 6.10 Å². The molecule has 21 heavy (non-hydrogen) atoms. The Morgan fingerprint density at radius 2 is 2.00 bits per heavy atom. The van der Waals surface area contributed by atoms with Gasteiger partial charge in [0.25, 0.3) is 5.91 Å². The Balaban J connectivity index is 1.81. The number of hydrogen-bond acceptors (Lipinski definition) is 4. The highest BCUT2D eigenvalue weighted by molar-refractivity contribution is 7.10. The minimum absolute atomic E-state index is 0.112. The highest BCUT2D eigenvalue weighted by Crippen LogP contribution is 2.21. The van der Waals surface area contributed by atoms with E-state index in [0.29, 0.717) is 18.5 Å². The maximum absolute atomic E-state index is 12.0. The van der Waals surface area contributed by atoms with E-state index in [1.807, 2.05) is 48.6 Å². The van der Waals surface area contributed by atoms with E-state index in [-0.39, 0.29) is 5.91 Å². The first-order valence-corrected chi connectivity index (χ1v) is 7.73. The van der Waals surface area contributed by atoms with Crippen molar-refractivity contribution in [1.82, 2.24) is 5.32 Å². The van der Waals surface area contributed by atoms with E-state index in [1.54, 1.807) is 12.1 Å². The summed E-state index contributed by atoms with van der Waals surface area (Å²) in [5.74, 6) is -0.112. The molecular weight excluding hydrogens is 284 g/mol. The summed E-state index contributed by atoms with van der Waals surface area (Å²) in [5.41, 5.74) is 1.69. The average molecular weight is 304 g/mol. The fourth-order valence-corrected chi connectivity index (χ4v) is 2.70. The summed E-state index contributed by atoms with van der Waals surface area (Å²) >= 11 is 1.52. The molecule has 0 saturated carbocycles. The third kappa shape index (κ3) is 4.31. The molecule has 1 amide bonds. The Hall–Kier alpha value is -1.85. The van der Waals surface area contributed by atoms with Gasteiger partial charge in [0.05, 0.1) is 6.10 Å². The van der Waals surface area contributed by atoms with E-state index in [4.69, 9.17) is 0 Å². The van der Waals surface area contributed by atoms with Gasteiger partial charge in [-0.1, -0.05) is 6.07 Å². The molecule has 1 aromatic heterocycles. The van der Waals surface area contributed by atoms with Gasteiger partial charge in [-0.3, -0.25) is 4.79 Å². The summed E-state index contributed by atoms with van der Waals surface area (Å²) in [5, 5.41) is 14.7. The van der Waals surface area contributed by atoms with E-state index >= 15 is 0 Å². The second kappa shape index (κ2) is 7.24. The van der Waals surface area contributed by atoms with E-state index in [1.165, 1.54) is 11.3 Å². The number of nitrogens with one attached hydrogen (secondary N) is 1. The lowest BCUT2D eigenvalue weighted by Crippen LogP contribution is -2.25. The number of thiophene rings is 1. The number of aliphatic hydroxyl groups is 1. The standard InChI is InChI=1S/C16H20N2O2S/c1-18(2)13-7-5-12(6-8-13)16(20)17-10-9-14(19)15-4-3-11-21-15/h3-8,11,14,19H,9-10H2,1-2H3,(H,17,20)/t14-/m0/s1. The second-order valence-electron chi connectivity index (χ2n) is 5.02. The quantitative estimate of drug-likeness (QED) is 0.862. The topological polar surface area (TPSA) is 52.6 Å². The van der Waals surface area contributed by atoms with Crippen LogP contribution in [0.1, 0.15) is 27.8 Å². The van der Waals surface area contributed by atoms with Gasteiger partial charge in [-0.25, -0.2) is 0 Å². The van der Waals surface area contributed by atoms with E-state index in [0.717, 1.165) is 10.6 Å². The summed E-state index contributed by atoms with van der Waals surface area (Å²) in [6.07, 6.45) is 0.00333. The first-order chi connectivity index (χ1) is 10.1. The lowest BCUT2D eigenvalue weighted by Gasteiger charge is -2.13. The molecule has 1 heterocycles. The van der Waals surface area contributed by atoms with Gasteiger partial charge in [0.15, 0.2) is 0 Å². The fraction of sp³-hybridized carbons (Fsp3) is 0.312. The minimum Gasteiger partial charge on any atom is -0.388 e. The van der Waals surface area contributed by atoms with Gasteiger partial charge in [-0.05, 0) is 42.1 Å². The molecule has 2 N–H and O–H groups in total. The molecule has 1 aromatic carbocycles. The maximum Gasteiger partial charge on any atom is 0.251 e. The number of rotatable bonds is 6. The predicted octanol–water partition coefficient (Wildman–Crippen LogP) is 2.67. The lowest BCUT2D eigenvalue weighted by atomic mass is 10.1. The number of benzene rings is 1. The van der Waals surface area contributed by atoms with Crippen molar-refractivity contribution in [1.29, 1.82) is 0 Å². The van der Waals surface area contributed by atoms with Crippen LogP contribution in [0, 0.1) is 0 Å². The summed E-state index contributed by atoms with van der Waals surface area (Å²) < 4.78 is 0. The van der Waals surface area contributed by atoms with Gasteiger partial charge in [-0.15, -0.1) is 11.3 Å². The lowest BCUT2D eigenvalue weighted by molar-refractivity contribution is 0.0943. The molecule has 5 heteroatoms. The molecule has 4 nitrogen and oxygen atoms in total. The van der Waals surface area contributed by atoms with Gasteiger partial charge in [0.2, 0.25) is 0 Å². The molecule has 0 fully saturated rings. The van der Waals surface area contributed by atoms with Crippen molar-refractivity contribution in [3.8, 4) is 0 Å². The molecule has 112 valence electrons. The van der Waals surface area contributed by atoms with Crippen LogP contribution < -0.4 is 10.2 Å². The molecule has 0 aliphatic heterocycles. The fourth-order valence-electron chi connectivity index (χ4n) is 1.96. The Morgan fingerprint density at radius 3 is 2.57 bits per heavy atom. The molecule has 0 aliphatic rings. The molecule has 2 aromatic rings. The van der Waals surface area contributed by atoms with Crippen LogP contribution in [0.5, 0.6) is 0 Å². The summed E-state index contributed by atoms with van der Waals surface area (Å²) in [6, 6.07) is 11.2. The first-order valence-electron chi connectivity index (χ1n) is 6.85. The third-order valence-corrected chi connectivity index (χ3v) is 4.19. The number of aliphatic hydroxyl groups excluding tert-OH is 1. The zero-order chi connectivity index (χ0) is 15.2. The first kappa shape index (κ1) is 15.5. The number of amides is 1. The number of anilines is 1. The van der Waals surface area contributed by atoms with Crippen LogP contribution in [0.15, 0.2) is 41.8 Å². The maximum atomic E-state index is 12.0. The number of carbonyl (C=O) groups excluding carboxylic acids is 1. The zero-order valence-electron chi connectivity index (χ0n) is 12.2. The van der Waals surface area contributed by atoms with Crippen LogP contribution in [-0.4, -0.2) is 31.7 Å². The molecular formula is C16H20N2O2S. The van der Waals surface area contributed by atoms with Crippen molar-refractivity contribution in [2.45, 2.75) is 12.5 Å². The number of hydrogen-bond donors (Lipinski definition) is 2. The van der Waals surface area contributed by atoms with Crippen molar-refractivity contribution in [3.63, 3.8) is 0 Å². The number of carbonyl (C=O) groups is 1. The van der Waals surface area contributed by atoms with Crippen LogP contribution in [0.2, 0.25) is 0 Å². The SMILES string of the molecule is CN(C)c1ccc(C(=O)NCC[C@H](O)c2cccs2)cc1. The van der Waals surface area contributed by atoms with Gasteiger partial charge in [0, 0.05) is 36.8 Å². The Bertz CT molecular complexity index is 564. The Morgan fingerprint density at radius 1 is 1.29 bits per heavy atom. The Kier molecular flexibility index (Phi) is 5.36. The molecule has 0 spiro atoms. The summed E-state index contributed by atoms with van der Waals surface area (Å²) in [7, 11) is 3.92. The molecule has 0 aliphatic carbocycles. The van der Waals surface area contributed by atoms with Crippen LogP contribution in [-0.2, 0) is 0 Å². The largest absolute Gasteiger partial charge is 0.388 e. The van der Waals surface area contributed by atoms with Crippen molar-refractivity contribution in [3.05, 3.63) is 52.2 Å². The van der Waals surface area contributed by atoms with Gasteiger partial charge in [-0.2, -0.15) is 0 Å². The van der Waals surface area contributed by atoms with Gasteiger partial charge < -0.3 is 15.3 Å². The van der Waals surface area contributed by atoms with E-state index in [9.17, 15) is 9.90 Å². The zero-order valence-corrected chi connectivity index (χ0v) is 13.1. The van der Waals surface area contributed by atoms with Gasteiger partial charge >= 0.3 is 0 Å². The minimum atomic E-state index is -0.513. The second-order valence-corrected chi connectivity index (χ2v) is 6.00. The predicted molar refractivity (Wildman–Crippen MR) is 87.0 cm³/mol. The molecule has 0 bridgehead atoms. The van der Waals surface area contributed by atoms with Crippen molar-refractivity contribution in [2.24, 2.45) is 0 Å². The van der Waals surface area contributed by atoms with Crippen LogP contribution in [0.25, 0.3) is 0 Å². The van der Waals surface area contributed by atoms with Gasteiger partial charge in [0.1, 0.15) is 0 Å². The van der Waals surface area contributed by atoms with Crippen molar-refractivity contribution >= 4 is 22.9 Å². The normalized spacial score (nSPS) is 12.0. The highest BCUT2D eigenvalue weighted by Gasteiger charge is 2.10. The molecule has 1 atom stereocenters. The van der Waals surface area contributed by atoms with Crippen LogP contribution in [0.4, 0.5) is 5.69 Å². The third-order valence-electron chi connectivity index (χ3n) is 3.22. The summed E-state index contributed by atoms with van der Waals surface area (Å²) in [6.45, 7) is 0.452. The molecule has 0 saturated heterocycles. The van der Waals surface area contributed by atoms with Crippen LogP contribution >= 0.6 is 11.3 Å². The monoisotopic (exact) mass is 304 g/mol.